The lowest BCUT2D eigenvalue weighted by atomic mass is 10.3. The van der Waals surface area contributed by atoms with Crippen LogP contribution in [0.2, 0.25) is 0 Å². The summed E-state index contributed by atoms with van der Waals surface area (Å²) in [5, 5.41) is 0. The summed E-state index contributed by atoms with van der Waals surface area (Å²) in [4.78, 5) is 10.6. The lowest BCUT2D eigenvalue weighted by Gasteiger charge is -2.22. The van der Waals surface area contributed by atoms with Gasteiger partial charge in [-0.05, 0) is 0 Å². The zero-order valence-corrected chi connectivity index (χ0v) is 6.85. The Morgan fingerprint density at radius 2 is 2.00 bits per heavy atom. The number of hydrogen-bond acceptors (Lipinski definition) is 2. The van der Waals surface area contributed by atoms with Gasteiger partial charge in [0, 0.05) is 0 Å². The number of carbonyl (C=O) groups is 1. The van der Waals surface area contributed by atoms with E-state index in [1.807, 2.05) is 21.1 Å². The first-order chi connectivity index (χ1) is 4.45. The van der Waals surface area contributed by atoms with Crippen molar-refractivity contribution in [2.45, 2.75) is 6.42 Å². The number of quaternary nitrogens is 1. The Balaban J connectivity index is 3.46. The number of nitrogens with one attached hydrogen (secondary N) is 1. The van der Waals surface area contributed by atoms with Crippen molar-refractivity contribution in [3.63, 3.8) is 0 Å². The van der Waals surface area contributed by atoms with Gasteiger partial charge >= 0.3 is 0 Å². The maximum atomic E-state index is 10.6. The monoisotopic (exact) mass is 146 g/mol. The molecule has 0 aliphatic carbocycles. The average molecular weight is 146 g/mol. The summed E-state index contributed by atoms with van der Waals surface area (Å²) < 4.78 is 0.785. The fourth-order valence-electron chi connectivity index (χ4n) is 0.509. The summed E-state index contributed by atoms with van der Waals surface area (Å²) in [7, 11) is 6.09. The van der Waals surface area contributed by atoms with Gasteiger partial charge in [0.25, 0.3) is 0 Å². The molecule has 0 aliphatic rings. The van der Waals surface area contributed by atoms with E-state index in [0.29, 0.717) is 6.42 Å². The molecule has 0 bridgehead atoms. The van der Waals surface area contributed by atoms with Crippen LogP contribution in [-0.4, -0.2) is 38.1 Å². The number of carbonyl (C=O) groups excluding carboxylic acids is 1. The molecule has 1 amide bonds. The van der Waals surface area contributed by atoms with E-state index in [9.17, 15) is 4.79 Å². The highest BCUT2D eigenvalue weighted by Crippen LogP contribution is 1.91. The van der Waals surface area contributed by atoms with E-state index >= 15 is 0 Å². The molecule has 0 unspecified atom stereocenters. The highest BCUT2D eigenvalue weighted by atomic mass is 16.2. The van der Waals surface area contributed by atoms with Crippen LogP contribution >= 0.6 is 0 Å². The third-order valence-electron chi connectivity index (χ3n) is 1.17. The first-order valence-corrected chi connectivity index (χ1v) is 3.25. The number of nitrogens with two attached hydrogens (primary N) is 1. The molecule has 0 aromatic rings. The van der Waals surface area contributed by atoms with Gasteiger partial charge in [0.1, 0.15) is 0 Å². The van der Waals surface area contributed by atoms with Crippen LogP contribution in [0.3, 0.4) is 0 Å². The SMILES string of the molecule is C[N+](C)(C)CCC(=O)NN. The van der Waals surface area contributed by atoms with Gasteiger partial charge in [0.05, 0.1) is 34.1 Å². The van der Waals surface area contributed by atoms with E-state index in [2.05, 4.69) is 5.43 Å². The minimum absolute atomic E-state index is 0.104. The molecule has 0 aromatic heterocycles. The van der Waals surface area contributed by atoms with Crippen molar-refractivity contribution in [3.05, 3.63) is 0 Å². The number of hydrogen-bond donors (Lipinski definition) is 2. The highest BCUT2D eigenvalue weighted by molar-refractivity contribution is 5.75. The van der Waals surface area contributed by atoms with E-state index in [1.54, 1.807) is 0 Å². The van der Waals surface area contributed by atoms with Gasteiger partial charge in [-0.3, -0.25) is 10.2 Å². The Hall–Kier alpha value is -0.610. The molecule has 0 spiro atoms. The molecule has 10 heavy (non-hydrogen) atoms. The molecule has 4 nitrogen and oxygen atoms in total. The Morgan fingerprint density at radius 1 is 1.50 bits per heavy atom. The van der Waals surface area contributed by atoms with Gasteiger partial charge in [-0.2, -0.15) is 0 Å². The fraction of sp³-hybridized carbons (Fsp3) is 0.833. The summed E-state index contributed by atoms with van der Waals surface area (Å²) in [6, 6.07) is 0. The number of nitrogens with zero attached hydrogens (tertiary/aromatic N) is 1. The van der Waals surface area contributed by atoms with Gasteiger partial charge in [-0.1, -0.05) is 0 Å². The van der Waals surface area contributed by atoms with Crippen LogP contribution in [0.15, 0.2) is 0 Å². The maximum absolute atomic E-state index is 10.6. The van der Waals surface area contributed by atoms with Crippen LogP contribution < -0.4 is 11.3 Å². The second-order valence-corrected chi connectivity index (χ2v) is 3.33. The summed E-state index contributed by atoms with van der Waals surface area (Å²) >= 11 is 0. The third-order valence-corrected chi connectivity index (χ3v) is 1.17. The molecule has 0 rings (SSSR count). The molecule has 0 atom stereocenters. The smallest absolute Gasteiger partial charge is 0.239 e. The Kier molecular flexibility index (Phi) is 3.32. The second kappa shape index (κ2) is 3.53. The quantitative estimate of drug-likeness (QED) is 0.234. The zero-order valence-electron chi connectivity index (χ0n) is 6.85. The minimum atomic E-state index is -0.104. The highest BCUT2D eigenvalue weighted by Gasteiger charge is 2.08. The van der Waals surface area contributed by atoms with Gasteiger partial charge in [0.15, 0.2) is 0 Å². The van der Waals surface area contributed by atoms with Crippen LogP contribution in [0.1, 0.15) is 6.42 Å². The normalized spacial score (nSPS) is 11.2. The molecule has 0 aromatic carbocycles. The van der Waals surface area contributed by atoms with Gasteiger partial charge in [-0.25, -0.2) is 5.84 Å². The number of rotatable bonds is 3. The van der Waals surface area contributed by atoms with Crippen LogP contribution in [0, 0.1) is 0 Å². The van der Waals surface area contributed by atoms with Gasteiger partial charge in [0.2, 0.25) is 5.91 Å². The fourth-order valence-corrected chi connectivity index (χ4v) is 0.509. The van der Waals surface area contributed by atoms with E-state index in [4.69, 9.17) is 5.84 Å². The Bertz CT molecular complexity index is 117. The molecule has 0 aliphatic heterocycles. The van der Waals surface area contributed by atoms with Crippen molar-refractivity contribution in [2.75, 3.05) is 27.7 Å². The predicted octanol–water partition coefficient (Wildman–Crippen LogP) is -0.927. The molecule has 0 heterocycles. The molecular weight excluding hydrogens is 130 g/mol. The van der Waals surface area contributed by atoms with Crippen LogP contribution in [-0.2, 0) is 4.79 Å². The summed E-state index contributed by atoms with van der Waals surface area (Å²) in [6.45, 7) is 0.809. The second-order valence-electron chi connectivity index (χ2n) is 3.33. The zero-order chi connectivity index (χ0) is 8.20. The van der Waals surface area contributed by atoms with E-state index in [1.165, 1.54) is 0 Å². The Labute approximate surface area is 61.6 Å². The first-order valence-electron chi connectivity index (χ1n) is 3.25. The first kappa shape index (κ1) is 9.39. The van der Waals surface area contributed by atoms with Crippen LogP contribution in [0.4, 0.5) is 0 Å². The van der Waals surface area contributed by atoms with Crippen molar-refractivity contribution in [2.24, 2.45) is 5.84 Å². The topological polar surface area (TPSA) is 55.1 Å². The summed E-state index contributed by atoms with van der Waals surface area (Å²) in [5.41, 5.74) is 2.09. The van der Waals surface area contributed by atoms with Crippen molar-refractivity contribution in [3.8, 4) is 0 Å². The van der Waals surface area contributed by atoms with Crippen molar-refractivity contribution in [1.29, 1.82) is 0 Å². The number of amides is 1. The lowest BCUT2D eigenvalue weighted by Crippen LogP contribution is -2.39. The molecule has 0 saturated heterocycles. The largest absolute Gasteiger partial charge is 0.330 e. The van der Waals surface area contributed by atoms with Crippen molar-refractivity contribution in [1.82, 2.24) is 5.43 Å². The van der Waals surface area contributed by atoms with E-state index in [-0.39, 0.29) is 5.91 Å². The van der Waals surface area contributed by atoms with Crippen LogP contribution in [0.25, 0.3) is 0 Å². The molecule has 0 radical (unpaired) electrons. The van der Waals surface area contributed by atoms with E-state index < -0.39 is 0 Å². The Morgan fingerprint density at radius 3 is 2.30 bits per heavy atom. The molecule has 3 N–H and O–H groups in total. The van der Waals surface area contributed by atoms with Gasteiger partial charge < -0.3 is 4.48 Å². The van der Waals surface area contributed by atoms with Crippen molar-refractivity contribution >= 4 is 5.91 Å². The van der Waals surface area contributed by atoms with Gasteiger partial charge in [-0.15, -0.1) is 0 Å². The van der Waals surface area contributed by atoms with E-state index in [0.717, 1.165) is 11.0 Å². The molecule has 0 saturated carbocycles. The molecule has 4 heteroatoms. The molecule has 0 fully saturated rings. The van der Waals surface area contributed by atoms with Crippen molar-refractivity contribution < 1.29 is 9.28 Å². The predicted molar refractivity (Wildman–Crippen MR) is 39.8 cm³/mol. The number of hydrazine groups is 1. The third kappa shape index (κ3) is 5.53. The standard InChI is InChI=1S/C6H15N3O/c1-9(2,3)5-4-6(10)8-7/h4-5,7H2,1-3H3/p+1. The molecular formula is C6H16N3O+. The summed E-state index contributed by atoms with van der Waals surface area (Å²) in [6.07, 6.45) is 0.486. The summed E-state index contributed by atoms with van der Waals surface area (Å²) in [5.74, 6) is 4.79. The average Bonchev–Trinajstić information content (AvgIpc) is 1.81. The van der Waals surface area contributed by atoms with Crippen LogP contribution in [0.5, 0.6) is 0 Å². The maximum Gasteiger partial charge on any atom is 0.239 e. The lowest BCUT2D eigenvalue weighted by molar-refractivity contribution is -0.869. The molecule has 60 valence electrons. The minimum Gasteiger partial charge on any atom is -0.330 e.